The van der Waals surface area contributed by atoms with E-state index in [0.29, 0.717) is 28.9 Å². The molecule has 1 aliphatic rings. The summed E-state index contributed by atoms with van der Waals surface area (Å²) < 4.78 is 5.31. The van der Waals surface area contributed by atoms with Crippen molar-refractivity contribution in [2.45, 2.75) is 38.8 Å². The van der Waals surface area contributed by atoms with Gasteiger partial charge in [-0.2, -0.15) is 0 Å². The molecule has 2 atom stereocenters. The lowest BCUT2D eigenvalue weighted by molar-refractivity contribution is 0.0735. The molecule has 1 amide bonds. The number of ether oxygens (including phenoxy) is 1. The molecule has 0 bridgehead atoms. The summed E-state index contributed by atoms with van der Waals surface area (Å²) in [6.07, 6.45) is 6.49. The van der Waals surface area contributed by atoms with Gasteiger partial charge in [-0.25, -0.2) is 4.98 Å². The summed E-state index contributed by atoms with van der Waals surface area (Å²) >= 11 is 1.57. The minimum absolute atomic E-state index is 0.0678. The third-order valence-electron chi connectivity index (χ3n) is 5.36. The number of carbonyl (C=O) groups is 1. The molecule has 9 nitrogen and oxygen atoms in total. The number of rotatable bonds is 5. The first-order valence-corrected chi connectivity index (χ1v) is 11.5. The van der Waals surface area contributed by atoms with Crippen molar-refractivity contribution in [1.82, 2.24) is 19.9 Å². The molecule has 4 N–H and O–H groups in total. The van der Waals surface area contributed by atoms with Gasteiger partial charge in [0.25, 0.3) is 5.91 Å². The first-order chi connectivity index (χ1) is 15.8. The fraction of sp³-hybridized carbons (Fsp3) is 0.304. The monoisotopic (exact) mass is 463 g/mol. The van der Waals surface area contributed by atoms with Crippen LogP contribution in [0.2, 0.25) is 0 Å². The van der Waals surface area contributed by atoms with E-state index in [2.05, 4.69) is 15.0 Å². The third-order valence-corrected chi connectivity index (χ3v) is 6.43. The molecule has 0 spiro atoms. The van der Waals surface area contributed by atoms with Crippen LogP contribution < -0.4 is 5.73 Å². The lowest BCUT2D eigenvalue weighted by atomic mass is 10.0. The summed E-state index contributed by atoms with van der Waals surface area (Å²) in [5, 5.41) is 19.1. The fourth-order valence-electron chi connectivity index (χ4n) is 3.70. The first kappa shape index (κ1) is 22.7. The number of likely N-dealkylation sites (tertiary alicyclic amines) is 1. The number of nitrogens with two attached hydrogens (primary N) is 1. The molecule has 4 rings (SSSR count). The lowest BCUT2D eigenvalue weighted by Crippen LogP contribution is -2.31. The number of hydrogen-bond donors (Lipinski definition) is 3. The molecular formula is C23H25N7O2S. The number of amides is 1. The van der Waals surface area contributed by atoms with Crippen LogP contribution in [-0.2, 0) is 4.74 Å². The normalized spacial score (nSPS) is 16.5. The Bertz CT molecular complexity index is 1190. The minimum Gasteiger partial charge on any atom is -0.424 e. The van der Waals surface area contributed by atoms with Gasteiger partial charge in [0.15, 0.2) is 0 Å². The summed E-state index contributed by atoms with van der Waals surface area (Å²) in [7, 11) is 0. The molecule has 1 saturated heterocycles. The molecule has 0 unspecified atom stereocenters. The predicted octanol–water partition coefficient (Wildman–Crippen LogP) is 3.55. The maximum Gasteiger partial charge on any atom is 0.254 e. The highest BCUT2D eigenvalue weighted by Gasteiger charge is 2.33. The van der Waals surface area contributed by atoms with Gasteiger partial charge in [-0.3, -0.25) is 25.6 Å². The molecule has 1 aliphatic heterocycles. The molecule has 0 radical (unpaired) electrons. The number of nitrogens with one attached hydrogen (secondary N) is 2. The van der Waals surface area contributed by atoms with Crippen LogP contribution in [0.1, 0.15) is 52.4 Å². The summed E-state index contributed by atoms with van der Waals surface area (Å²) in [5.41, 5.74) is 8.60. The molecule has 1 aromatic carbocycles. The predicted molar refractivity (Wildman–Crippen MR) is 127 cm³/mol. The second kappa shape index (κ2) is 9.55. The maximum absolute atomic E-state index is 13.6. The number of nitrogens with zero attached hydrogens (tertiary/aromatic N) is 4. The number of carbonyl (C=O) groups excluding carboxylic acids is 1. The van der Waals surface area contributed by atoms with Crippen molar-refractivity contribution in [3.63, 3.8) is 0 Å². The van der Waals surface area contributed by atoms with Gasteiger partial charge in [0.1, 0.15) is 5.01 Å². The van der Waals surface area contributed by atoms with Crippen LogP contribution in [0.4, 0.5) is 0 Å². The minimum atomic E-state index is -0.651. The highest BCUT2D eigenvalue weighted by atomic mass is 32.1. The molecule has 2 aromatic heterocycles. The summed E-state index contributed by atoms with van der Waals surface area (Å²) in [4.78, 5) is 28.5. The van der Waals surface area contributed by atoms with E-state index in [1.807, 2.05) is 17.2 Å². The maximum atomic E-state index is 13.6. The van der Waals surface area contributed by atoms with Gasteiger partial charge in [-0.1, -0.05) is 0 Å². The van der Waals surface area contributed by atoms with E-state index >= 15 is 0 Å². The highest BCUT2D eigenvalue weighted by molar-refractivity contribution is 7.09. The SMILES string of the molecule is Cc1csc([C@H]2CCCN2C(=O)c2cc(C(=N)OC(=N)[C@H](C)N)cc(-c3cnccn3)c2)n1. The zero-order chi connectivity index (χ0) is 23.5. The topological polar surface area (TPSA) is 142 Å². The van der Waals surface area contributed by atoms with Gasteiger partial charge < -0.3 is 15.4 Å². The van der Waals surface area contributed by atoms with Gasteiger partial charge >= 0.3 is 0 Å². The Morgan fingerprint density at radius 3 is 2.73 bits per heavy atom. The van der Waals surface area contributed by atoms with E-state index in [-0.39, 0.29) is 23.7 Å². The largest absolute Gasteiger partial charge is 0.424 e. The van der Waals surface area contributed by atoms with Crippen molar-refractivity contribution in [3.05, 3.63) is 64.0 Å². The number of aryl methyl sites for hydroxylation is 1. The van der Waals surface area contributed by atoms with E-state index in [9.17, 15) is 4.79 Å². The van der Waals surface area contributed by atoms with E-state index in [1.165, 1.54) is 0 Å². The Morgan fingerprint density at radius 2 is 2.06 bits per heavy atom. The van der Waals surface area contributed by atoms with Crippen LogP contribution in [0, 0.1) is 17.7 Å². The van der Waals surface area contributed by atoms with Gasteiger partial charge in [-0.15, -0.1) is 11.3 Å². The van der Waals surface area contributed by atoms with Crippen LogP contribution in [-0.4, -0.2) is 50.1 Å². The number of thiazole rings is 1. The van der Waals surface area contributed by atoms with Crippen molar-refractivity contribution < 1.29 is 9.53 Å². The zero-order valence-electron chi connectivity index (χ0n) is 18.4. The summed E-state index contributed by atoms with van der Waals surface area (Å²) in [6, 6.07) is 4.34. The first-order valence-electron chi connectivity index (χ1n) is 10.6. The zero-order valence-corrected chi connectivity index (χ0v) is 19.2. The Hall–Kier alpha value is -3.50. The highest BCUT2D eigenvalue weighted by Crippen LogP contribution is 2.35. The van der Waals surface area contributed by atoms with Crippen LogP contribution in [0.25, 0.3) is 11.3 Å². The average Bonchev–Trinajstić information content (AvgIpc) is 3.47. The van der Waals surface area contributed by atoms with E-state index in [0.717, 1.165) is 23.5 Å². The second-order valence-corrected chi connectivity index (χ2v) is 8.85. The summed E-state index contributed by atoms with van der Waals surface area (Å²) in [5.74, 6) is -0.630. The molecule has 170 valence electrons. The van der Waals surface area contributed by atoms with E-state index in [4.69, 9.17) is 21.3 Å². The molecule has 3 heterocycles. The molecule has 3 aromatic rings. The molecular weight excluding hydrogens is 438 g/mol. The van der Waals surface area contributed by atoms with Crippen LogP contribution in [0.3, 0.4) is 0 Å². The van der Waals surface area contributed by atoms with Crippen molar-refractivity contribution in [2.75, 3.05) is 6.54 Å². The average molecular weight is 464 g/mol. The van der Waals surface area contributed by atoms with Crippen LogP contribution >= 0.6 is 11.3 Å². The van der Waals surface area contributed by atoms with Crippen molar-refractivity contribution >= 4 is 29.0 Å². The van der Waals surface area contributed by atoms with Gasteiger partial charge in [0.2, 0.25) is 11.8 Å². The van der Waals surface area contributed by atoms with Crippen molar-refractivity contribution in [3.8, 4) is 11.3 Å². The quantitative estimate of drug-likeness (QED) is 0.390. The van der Waals surface area contributed by atoms with E-state index < -0.39 is 6.04 Å². The van der Waals surface area contributed by atoms with E-state index in [1.54, 1.807) is 55.1 Å². The van der Waals surface area contributed by atoms with Gasteiger partial charge in [0, 0.05) is 46.7 Å². The van der Waals surface area contributed by atoms with Gasteiger partial charge in [0.05, 0.1) is 24.0 Å². The molecule has 0 saturated carbocycles. The Balaban J connectivity index is 1.71. The second-order valence-electron chi connectivity index (χ2n) is 7.96. The molecule has 1 fully saturated rings. The van der Waals surface area contributed by atoms with Gasteiger partial charge in [-0.05, 0) is 44.9 Å². The lowest BCUT2D eigenvalue weighted by Gasteiger charge is -2.24. The van der Waals surface area contributed by atoms with Crippen molar-refractivity contribution in [1.29, 1.82) is 10.8 Å². The third kappa shape index (κ3) is 4.96. The Morgan fingerprint density at radius 1 is 1.27 bits per heavy atom. The number of hydrogen-bond acceptors (Lipinski definition) is 9. The fourth-order valence-corrected chi connectivity index (χ4v) is 4.64. The smallest absolute Gasteiger partial charge is 0.254 e. The Kier molecular flexibility index (Phi) is 6.57. The molecule has 33 heavy (non-hydrogen) atoms. The Labute approximate surface area is 195 Å². The molecule has 10 heteroatoms. The van der Waals surface area contributed by atoms with Crippen molar-refractivity contribution in [2.24, 2.45) is 5.73 Å². The van der Waals surface area contributed by atoms with Crippen LogP contribution in [0.15, 0.2) is 42.2 Å². The van der Waals surface area contributed by atoms with Crippen LogP contribution in [0.5, 0.6) is 0 Å². The summed E-state index contributed by atoms with van der Waals surface area (Å²) in [6.45, 7) is 4.19. The standard InChI is InChI=1S/C23H25N7O2S/c1-13-12-33-22(29-13)19-4-3-7-30(19)23(31)17-9-15(18-11-27-5-6-28-18)8-16(10-17)21(26)32-20(25)14(2)24/h5-6,8-12,14,19,25-26H,3-4,7,24H2,1-2H3/t14-,19+/m0/s1. The molecule has 0 aliphatic carbocycles. The number of aromatic nitrogens is 3. The number of benzene rings is 1.